The normalized spacial score (nSPS) is 12.3. The summed E-state index contributed by atoms with van der Waals surface area (Å²) in [6.07, 6.45) is 0. The molecule has 0 spiro atoms. The highest BCUT2D eigenvalue weighted by molar-refractivity contribution is 5.96. The SMILES string of the molecule is Cc1ccccc1N(C)C(=O)[C@H](C)N. The van der Waals surface area contributed by atoms with Crippen LogP contribution < -0.4 is 10.6 Å². The molecule has 0 saturated carbocycles. The number of hydrogen-bond donors (Lipinski definition) is 1. The molecular formula is C11H16N2O. The molecule has 0 heterocycles. The third kappa shape index (κ3) is 2.12. The predicted octanol–water partition coefficient (Wildman–Crippen LogP) is 1.31. The first-order chi connectivity index (χ1) is 6.54. The summed E-state index contributed by atoms with van der Waals surface area (Å²) in [4.78, 5) is 13.2. The summed E-state index contributed by atoms with van der Waals surface area (Å²) in [5, 5.41) is 0. The summed E-state index contributed by atoms with van der Waals surface area (Å²) in [6.45, 7) is 3.66. The summed E-state index contributed by atoms with van der Waals surface area (Å²) >= 11 is 0. The van der Waals surface area contributed by atoms with E-state index in [1.165, 1.54) is 0 Å². The lowest BCUT2D eigenvalue weighted by Gasteiger charge is -2.21. The molecule has 0 unspecified atom stereocenters. The second-order valence-electron chi connectivity index (χ2n) is 3.47. The third-order valence-corrected chi connectivity index (χ3v) is 2.20. The molecule has 1 amide bonds. The van der Waals surface area contributed by atoms with Crippen molar-refractivity contribution < 1.29 is 4.79 Å². The van der Waals surface area contributed by atoms with Crippen LogP contribution in [-0.4, -0.2) is 19.0 Å². The van der Waals surface area contributed by atoms with Crippen molar-refractivity contribution in [3.63, 3.8) is 0 Å². The minimum atomic E-state index is -0.459. The van der Waals surface area contributed by atoms with Crippen LogP contribution in [0.5, 0.6) is 0 Å². The highest BCUT2D eigenvalue weighted by atomic mass is 16.2. The average Bonchev–Trinajstić information content (AvgIpc) is 2.16. The first kappa shape index (κ1) is 10.7. The van der Waals surface area contributed by atoms with Crippen LogP contribution in [0.4, 0.5) is 5.69 Å². The number of amides is 1. The second kappa shape index (κ2) is 4.24. The van der Waals surface area contributed by atoms with E-state index in [1.54, 1.807) is 18.9 Å². The molecule has 76 valence electrons. The van der Waals surface area contributed by atoms with E-state index >= 15 is 0 Å². The van der Waals surface area contributed by atoms with Gasteiger partial charge in [0, 0.05) is 12.7 Å². The Morgan fingerprint density at radius 1 is 1.43 bits per heavy atom. The minimum Gasteiger partial charge on any atom is -0.320 e. The van der Waals surface area contributed by atoms with Gasteiger partial charge in [0.2, 0.25) is 5.91 Å². The molecule has 2 N–H and O–H groups in total. The fourth-order valence-electron chi connectivity index (χ4n) is 1.36. The van der Waals surface area contributed by atoms with E-state index in [-0.39, 0.29) is 5.91 Å². The Kier molecular flexibility index (Phi) is 3.25. The van der Waals surface area contributed by atoms with Crippen molar-refractivity contribution >= 4 is 11.6 Å². The first-order valence-corrected chi connectivity index (χ1v) is 4.63. The molecule has 1 aromatic carbocycles. The number of rotatable bonds is 2. The van der Waals surface area contributed by atoms with Crippen molar-refractivity contribution in [2.45, 2.75) is 19.9 Å². The topological polar surface area (TPSA) is 46.3 Å². The van der Waals surface area contributed by atoms with Gasteiger partial charge in [0.05, 0.1) is 6.04 Å². The number of benzene rings is 1. The second-order valence-corrected chi connectivity index (χ2v) is 3.47. The molecule has 0 aliphatic heterocycles. The quantitative estimate of drug-likeness (QED) is 0.767. The Bertz CT molecular complexity index is 334. The molecule has 0 aliphatic carbocycles. The lowest BCUT2D eigenvalue weighted by Crippen LogP contribution is -2.40. The number of anilines is 1. The molecule has 3 heteroatoms. The van der Waals surface area contributed by atoms with E-state index < -0.39 is 6.04 Å². The molecule has 3 nitrogen and oxygen atoms in total. The van der Waals surface area contributed by atoms with Gasteiger partial charge in [-0.1, -0.05) is 18.2 Å². The van der Waals surface area contributed by atoms with Crippen LogP contribution in [0.15, 0.2) is 24.3 Å². The molecule has 0 radical (unpaired) electrons. The maximum Gasteiger partial charge on any atom is 0.243 e. The molecule has 14 heavy (non-hydrogen) atoms. The summed E-state index contributed by atoms with van der Waals surface area (Å²) in [6, 6.07) is 7.28. The van der Waals surface area contributed by atoms with Gasteiger partial charge in [0.25, 0.3) is 0 Å². The van der Waals surface area contributed by atoms with E-state index in [9.17, 15) is 4.79 Å². The molecule has 0 saturated heterocycles. The van der Waals surface area contributed by atoms with Gasteiger partial charge in [-0.3, -0.25) is 4.79 Å². The van der Waals surface area contributed by atoms with E-state index in [1.807, 2.05) is 31.2 Å². The standard InChI is InChI=1S/C11H16N2O/c1-8-6-4-5-7-10(8)13(3)11(14)9(2)12/h4-7,9H,12H2,1-3H3/t9-/m0/s1. The Hall–Kier alpha value is -1.35. The van der Waals surface area contributed by atoms with Crippen LogP contribution >= 0.6 is 0 Å². The number of nitrogens with zero attached hydrogens (tertiary/aromatic N) is 1. The zero-order valence-corrected chi connectivity index (χ0v) is 8.82. The fraction of sp³-hybridized carbons (Fsp3) is 0.364. The van der Waals surface area contributed by atoms with Crippen molar-refractivity contribution in [3.8, 4) is 0 Å². The van der Waals surface area contributed by atoms with Gasteiger partial charge in [0.15, 0.2) is 0 Å². The van der Waals surface area contributed by atoms with Crippen LogP contribution in [0.2, 0.25) is 0 Å². The molecule has 0 fully saturated rings. The highest BCUT2D eigenvalue weighted by Gasteiger charge is 2.15. The third-order valence-electron chi connectivity index (χ3n) is 2.20. The van der Waals surface area contributed by atoms with Gasteiger partial charge >= 0.3 is 0 Å². The maximum atomic E-state index is 11.6. The van der Waals surface area contributed by atoms with Gasteiger partial charge in [-0.15, -0.1) is 0 Å². The number of nitrogens with two attached hydrogens (primary N) is 1. The minimum absolute atomic E-state index is 0.0701. The van der Waals surface area contributed by atoms with Crippen molar-refractivity contribution in [2.24, 2.45) is 5.73 Å². The number of carbonyl (C=O) groups excluding carboxylic acids is 1. The van der Waals surface area contributed by atoms with E-state index in [4.69, 9.17) is 5.73 Å². The van der Waals surface area contributed by atoms with E-state index in [2.05, 4.69) is 0 Å². The summed E-state index contributed by atoms with van der Waals surface area (Å²) in [5.74, 6) is -0.0701. The average molecular weight is 192 g/mol. The Morgan fingerprint density at radius 3 is 2.50 bits per heavy atom. The van der Waals surface area contributed by atoms with Gasteiger partial charge in [-0.05, 0) is 25.5 Å². The fourth-order valence-corrected chi connectivity index (χ4v) is 1.36. The number of para-hydroxylation sites is 1. The van der Waals surface area contributed by atoms with Crippen LogP contribution in [0.1, 0.15) is 12.5 Å². The van der Waals surface area contributed by atoms with Gasteiger partial charge in [-0.25, -0.2) is 0 Å². The first-order valence-electron chi connectivity index (χ1n) is 4.63. The number of likely N-dealkylation sites (N-methyl/N-ethyl adjacent to an activating group) is 1. The molecule has 1 rings (SSSR count). The maximum absolute atomic E-state index is 11.6. The summed E-state index contributed by atoms with van der Waals surface area (Å²) in [7, 11) is 1.74. The largest absolute Gasteiger partial charge is 0.320 e. The van der Waals surface area contributed by atoms with Gasteiger partial charge in [-0.2, -0.15) is 0 Å². The summed E-state index contributed by atoms with van der Waals surface area (Å²) < 4.78 is 0. The molecule has 1 aromatic rings. The van der Waals surface area contributed by atoms with Gasteiger partial charge in [0.1, 0.15) is 0 Å². The van der Waals surface area contributed by atoms with Crippen molar-refractivity contribution in [2.75, 3.05) is 11.9 Å². The van der Waals surface area contributed by atoms with Crippen molar-refractivity contribution in [3.05, 3.63) is 29.8 Å². The molecule has 0 bridgehead atoms. The summed E-state index contributed by atoms with van der Waals surface area (Å²) in [5.41, 5.74) is 7.52. The Balaban J connectivity index is 2.95. The molecule has 0 aromatic heterocycles. The zero-order valence-electron chi connectivity index (χ0n) is 8.82. The zero-order chi connectivity index (χ0) is 10.7. The number of hydrogen-bond acceptors (Lipinski definition) is 2. The van der Waals surface area contributed by atoms with E-state index in [0.717, 1.165) is 11.3 Å². The molecule has 1 atom stereocenters. The van der Waals surface area contributed by atoms with Crippen molar-refractivity contribution in [1.82, 2.24) is 0 Å². The number of carbonyl (C=O) groups is 1. The monoisotopic (exact) mass is 192 g/mol. The predicted molar refractivity (Wildman–Crippen MR) is 58.2 cm³/mol. The molecular weight excluding hydrogens is 176 g/mol. The lowest BCUT2D eigenvalue weighted by atomic mass is 10.1. The Morgan fingerprint density at radius 2 is 2.00 bits per heavy atom. The van der Waals surface area contributed by atoms with E-state index in [0.29, 0.717) is 0 Å². The smallest absolute Gasteiger partial charge is 0.243 e. The van der Waals surface area contributed by atoms with Crippen molar-refractivity contribution in [1.29, 1.82) is 0 Å². The van der Waals surface area contributed by atoms with Gasteiger partial charge < -0.3 is 10.6 Å². The number of aryl methyl sites for hydroxylation is 1. The molecule has 0 aliphatic rings. The van der Waals surface area contributed by atoms with Crippen LogP contribution in [0.25, 0.3) is 0 Å². The highest BCUT2D eigenvalue weighted by Crippen LogP contribution is 2.17. The van der Waals surface area contributed by atoms with Crippen LogP contribution in [0.3, 0.4) is 0 Å². The van der Waals surface area contributed by atoms with Crippen LogP contribution in [0, 0.1) is 6.92 Å². The lowest BCUT2D eigenvalue weighted by molar-refractivity contribution is -0.119. The Labute approximate surface area is 84.5 Å². The van der Waals surface area contributed by atoms with Crippen LogP contribution in [-0.2, 0) is 4.79 Å².